The Morgan fingerprint density at radius 2 is 2.25 bits per heavy atom. The highest BCUT2D eigenvalue weighted by Gasteiger charge is 1.94. The molecule has 0 spiro atoms. The van der Waals surface area contributed by atoms with Crippen molar-refractivity contribution in [2.24, 2.45) is 0 Å². The van der Waals surface area contributed by atoms with Crippen molar-refractivity contribution in [1.82, 2.24) is 0 Å². The Morgan fingerprint density at radius 3 is 2.94 bits per heavy atom. The van der Waals surface area contributed by atoms with Crippen LogP contribution < -0.4 is 0 Å². The highest BCUT2D eigenvalue weighted by Crippen LogP contribution is 2.06. The number of hydrogen-bond donors (Lipinski definition) is 0. The van der Waals surface area contributed by atoms with Crippen molar-refractivity contribution >= 4 is 5.97 Å². The maximum absolute atomic E-state index is 11.0. The van der Waals surface area contributed by atoms with Gasteiger partial charge in [-0.25, -0.2) is 4.79 Å². The fraction of sp³-hybridized carbons (Fsp3) is 0.357. The summed E-state index contributed by atoms with van der Waals surface area (Å²) in [4.78, 5) is 11.0. The van der Waals surface area contributed by atoms with Crippen LogP contribution in [0, 0.1) is 6.92 Å². The standard InChI is InChI=1S/C14H18O2/c1-3-16-14(15)10-5-4-8-13-9-6-7-12(2)11-13/h5-7,9-11H,3-4,8H2,1-2H3/b10-5+. The molecule has 0 atom stereocenters. The summed E-state index contributed by atoms with van der Waals surface area (Å²) in [5.41, 5.74) is 2.57. The molecular formula is C14H18O2. The summed E-state index contributed by atoms with van der Waals surface area (Å²) in [7, 11) is 0. The van der Waals surface area contributed by atoms with Crippen molar-refractivity contribution in [3.05, 3.63) is 47.5 Å². The molecule has 0 saturated carbocycles. The van der Waals surface area contributed by atoms with Gasteiger partial charge in [-0.2, -0.15) is 0 Å². The summed E-state index contributed by atoms with van der Waals surface area (Å²) in [6, 6.07) is 8.40. The van der Waals surface area contributed by atoms with Gasteiger partial charge in [0.1, 0.15) is 0 Å². The molecule has 0 aromatic heterocycles. The number of carbonyl (C=O) groups excluding carboxylic acids is 1. The average Bonchev–Trinajstić information content (AvgIpc) is 2.25. The van der Waals surface area contributed by atoms with Gasteiger partial charge in [-0.1, -0.05) is 35.9 Å². The second kappa shape index (κ2) is 6.83. The topological polar surface area (TPSA) is 26.3 Å². The molecule has 0 unspecified atom stereocenters. The SMILES string of the molecule is CCOC(=O)/C=C/CCc1cccc(C)c1. The van der Waals surface area contributed by atoms with E-state index < -0.39 is 0 Å². The van der Waals surface area contributed by atoms with Crippen LogP contribution in [-0.2, 0) is 16.0 Å². The number of benzene rings is 1. The fourth-order valence-corrected chi connectivity index (χ4v) is 1.49. The van der Waals surface area contributed by atoms with E-state index in [0.717, 1.165) is 12.8 Å². The molecule has 0 N–H and O–H groups in total. The monoisotopic (exact) mass is 218 g/mol. The van der Waals surface area contributed by atoms with Gasteiger partial charge in [-0.3, -0.25) is 0 Å². The van der Waals surface area contributed by atoms with E-state index in [1.165, 1.54) is 17.2 Å². The number of ether oxygens (including phenoxy) is 1. The van der Waals surface area contributed by atoms with Gasteiger partial charge in [0.05, 0.1) is 6.61 Å². The summed E-state index contributed by atoms with van der Waals surface area (Å²) < 4.78 is 4.79. The van der Waals surface area contributed by atoms with Crippen molar-refractivity contribution in [2.45, 2.75) is 26.7 Å². The van der Waals surface area contributed by atoms with Gasteiger partial charge in [0.25, 0.3) is 0 Å². The van der Waals surface area contributed by atoms with E-state index in [1.54, 1.807) is 6.92 Å². The molecule has 2 heteroatoms. The molecule has 0 aliphatic heterocycles. The minimum absolute atomic E-state index is 0.258. The highest BCUT2D eigenvalue weighted by molar-refractivity contribution is 5.81. The van der Waals surface area contributed by atoms with Gasteiger partial charge < -0.3 is 4.74 Å². The molecular weight excluding hydrogens is 200 g/mol. The van der Waals surface area contributed by atoms with Crippen molar-refractivity contribution < 1.29 is 9.53 Å². The summed E-state index contributed by atoms with van der Waals surface area (Å²) in [5, 5.41) is 0. The van der Waals surface area contributed by atoms with Crippen LogP contribution in [0.2, 0.25) is 0 Å². The summed E-state index contributed by atoms with van der Waals surface area (Å²) >= 11 is 0. The van der Waals surface area contributed by atoms with Crippen LogP contribution in [0.15, 0.2) is 36.4 Å². The average molecular weight is 218 g/mol. The molecule has 0 aliphatic rings. The van der Waals surface area contributed by atoms with Crippen molar-refractivity contribution in [1.29, 1.82) is 0 Å². The zero-order valence-corrected chi connectivity index (χ0v) is 9.90. The lowest BCUT2D eigenvalue weighted by Gasteiger charge is -1.99. The molecule has 0 saturated heterocycles. The van der Waals surface area contributed by atoms with E-state index >= 15 is 0 Å². The second-order valence-corrected chi connectivity index (χ2v) is 3.68. The predicted molar refractivity (Wildman–Crippen MR) is 65.3 cm³/mol. The molecule has 86 valence electrons. The lowest BCUT2D eigenvalue weighted by atomic mass is 10.1. The van der Waals surface area contributed by atoms with E-state index in [4.69, 9.17) is 4.74 Å². The van der Waals surface area contributed by atoms with Gasteiger partial charge in [-0.05, 0) is 32.3 Å². The smallest absolute Gasteiger partial charge is 0.330 e. The Labute approximate surface area is 96.9 Å². The summed E-state index contributed by atoms with van der Waals surface area (Å²) in [6.07, 6.45) is 5.18. The molecule has 1 aromatic carbocycles. The summed E-state index contributed by atoms with van der Waals surface area (Å²) in [5.74, 6) is -0.258. The van der Waals surface area contributed by atoms with Crippen molar-refractivity contribution in [2.75, 3.05) is 6.61 Å². The van der Waals surface area contributed by atoms with Gasteiger partial charge >= 0.3 is 5.97 Å². The molecule has 0 fully saturated rings. The van der Waals surface area contributed by atoms with Gasteiger partial charge in [0.15, 0.2) is 0 Å². The first-order valence-corrected chi connectivity index (χ1v) is 5.61. The number of carbonyl (C=O) groups is 1. The van der Waals surface area contributed by atoms with Crippen LogP contribution in [-0.4, -0.2) is 12.6 Å². The number of allylic oxidation sites excluding steroid dienone is 1. The fourth-order valence-electron chi connectivity index (χ4n) is 1.49. The molecule has 0 heterocycles. The Morgan fingerprint density at radius 1 is 1.44 bits per heavy atom. The summed E-state index contributed by atoms with van der Waals surface area (Å²) in [6.45, 7) is 4.32. The van der Waals surface area contributed by atoms with Crippen LogP contribution in [0.5, 0.6) is 0 Å². The molecule has 0 radical (unpaired) electrons. The van der Waals surface area contributed by atoms with Crippen LogP contribution in [0.3, 0.4) is 0 Å². The van der Waals surface area contributed by atoms with E-state index in [0.29, 0.717) is 6.61 Å². The van der Waals surface area contributed by atoms with Crippen molar-refractivity contribution in [3.63, 3.8) is 0 Å². The van der Waals surface area contributed by atoms with Crippen LogP contribution in [0.1, 0.15) is 24.5 Å². The highest BCUT2D eigenvalue weighted by atomic mass is 16.5. The number of aryl methyl sites for hydroxylation is 2. The van der Waals surface area contributed by atoms with Crippen LogP contribution >= 0.6 is 0 Å². The number of hydrogen-bond acceptors (Lipinski definition) is 2. The molecule has 1 rings (SSSR count). The Balaban J connectivity index is 2.33. The number of rotatable bonds is 5. The lowest BCUT2D eigenvalue weighted by molar-refractivity contribution is -0.137. The first-order valence-electron chi connectivity index (χ1n) is 5.61. The Kier molecular flexibility index (Phi) is 5.34. The van der Waals surface area contributed by atoms with Crippen LogP contribution in [0.4, 0.5) is 0 Å². The van der Waals surface area contributed by atoms with E-state index in [9.17, 15) is 4.79 Å². The molecule has 0 amide bonds. The largest absolute Gasteiger partial charge is 0.463 e. The predicted octanol–water partition coefficient (Wildman–Crippen LogP) is 3.05. The number of esters is 1. The maximum Gasteiger partial charge on any atom is 0.330 e. The second-order valence-electron chi connectivity index (χ2n) is 3.68. The van der Waals surface area contributed by atoms with Gasteiger partial charge in [-0.15, -0.1) is 0 Å². The van der Waals surface area contributed by atoms with Gasteiger partial charge in [0, 0.05) is 6.08 Å². The molecule has 0 aliphatic carbocycles. The minimum atomic E-state index is -0.258. The quantitative estimate of drug-likeness (QED) is 0.561. The third-order valence-corrected chi connectivity index (χ3v) is 2.22. The first kappa shape index (κ1) is 12.5. The Bertz CT molecular complexity index is 367. The molecule has 0 bridgehead atoms. The first-order chi connectivity index (χ1) is 7.72. The molecule has 2 nitrogen and oxygen atoms in total. The lowest BCUT2D eigenvalue weighted by Crippen LogP contribution is -1.98. The maximum atomic E-state index is 11.0. The third kappa shape index (κ3) is 4.78. The van der Waals surface area contributed by atoms with E-state index in [-0.39, 0.29) is 5.97 Å². The normalized spacial score (nSPS) is 10.6. The van der Waals surface area contributed by atoms with Gasteiger partial charge in [0.2, 0.25) is 0 Å². The zero-order chi connectivity index (χ0) is 11.8. The third-order valence-electron chi connectivity index (χ3n) is 2.22. The van der Waals surface area contributed by atoms with Crippen LogP contribution in [0.25, 0.3) is 0 Å². The van der Waals surface area contributed by atoms with E-state index in [2.05, 4.69) is 31.2 Å². The molecule has 16 heavy (non-hydrogen) atoms. The van der Waals surface area contributed by atoms with E-state index in [1.807, 2.05) is 6.08 Å². The van der Waals surface area contributed by atoms with Crippen molar-refractivity contribution in [3.8, 4) is 0 Å². The Hall–Kier alpha value is -1.57. The molecule has 1 aromatic rings. The zero-order valence-electron chi connectivity index (χ0n) is 9.90. The minimum Gasteiger partial charge on any atom is -0.463 e.